The maximum atomic E-state index is 11.5. The molecule has 0 saturated heterocycles. The second-order valence-electron chi connectivity index (χ2n) is 5.55. The monoisotopic (exact) mass is 338 g/mol. The first kappa shape index (κ1) is 14.8. The Bertz CT molecular complexity index is 971. The molecule has 1 aliphatic rings. The Hall–Kier alpha value is -2.77. The van der Waals surface area contributed by atoms with Gasteiger partial charge in [-0.05, 0) is 35.9 Å². The van der Waals surface area contributed by atoms with Crippen molar-refractivity contribution >= 4 is 27.2 Å². The predicted octanol–water partition coefficient (Wildman–Crippen LogP) is 2.50. The third-order valence-electron chi connectivity index (χ3n) is 4.01. The van der Waals surface area contributed by atoms with Crippen LogP contribution in [-0.4, -0.2) is 18.4 Å². The van der Waals surface area contributed by atoms with Crippen molar-refractivity contribution in [1.82, 2.24) is 9.97 Å². The number of primary sulfonamides is 1. The first-order chi connectivity index (χ1) is 11.5. The number of hydrogen-bond donors (Lipinski definition) is 1. The molecule has 6 nitrogen and oxygen atoms in total. The molecule has 3 aromatic rings. The highest BCUT2D eigenvalue weighted by Gasteiger charge is 2.25. The zero-order valence-electron chi connectivity index (χ0n) is 12.6. The zero-order valence-corrected chi connectivity index (χ0v) is 13.4. The van der Waals surface area contributed by atoms with E-state index < -0.39 is 10.0 Å². The predicted molar refractivity (Wildman–Crippen MR) is 90.9 cm³/mol. The van der Waals surface area contributed by atoms with Crippen LogP contribution in [0.15, 0.2) is 66.0 Å². The topological polar surface area (TPSA) is 89.2 Å². The summed E-state index contributed by atoms with van der Waals surface area (Å²) in [7, 11) is -3.72. The molecule has 24 heavy (non-hydrogen) atoms. The van der Waals surface area contributed by atoms with Crippen LogP contribution < -0.4 is 10.0 Å². The SMILES string of the molecule is NS(=O)(=O)c1ccc(N2c3ccccc3Cc3cncnc32)cc1. The molecule has 0 saturated carbocycles. The summed E-state index contributed by atoms with van der Waals surface area (Å²) in [5, 5.41) is 5.18. The van der Waals surface area contributed by atoms with E-state index in [0.717, 1.165) is 34.7 Å². The van der Waals surface area contributed by atoms with Gasteiger partial charge in [-0.15, -0.1) is 0 Å². The molecule has 0 atom stereocenters. The van der Waals surface area contributed by atoms with Gasteiger partial charge in [0.2, 0.25) is 10.0 Å². The molecular formula is C17H14N4O2S. The summed E-state index contributed by atoms with van der Waals surface area (Å²) < 4.78 is 22.9. The van der Waals surface area contributed by atoms with Crippen LogP contribution in [0.5, 0.6) is 0 Å². The Morgan fingerprint density at radius 2 is 1.75 bits per heavy atom. The van der Waals surface area contributed by atoms with Crippen molar-refractivity contribution in [3.8, 4) is 0 Å². The minimum Gasteiger partial charge on any atom is -0.294 e. The van der Waals surface area contributed by atoms with Gasteiger partial charge in [0.1, 0.15) is 12.1 Å². The van der Waals surface area contributed by atoms with Gasteiger partial charge in [0, 0.05) is 23.9 Å². The number of sulfonamides is 1. The molecule has 0 unspecified atom stereocenters. The molecule has 2 N–H and O–H groups in total. The highest BCUT2D eigenvalue weighted by Crippen LogP contribution is 2.42. The van der Waals surface area contributed by atoms with Gasteiger partial charge in [-0.1, -0.05) is 18.2 Å². The van der Waals surface area contributed by atoms with E-state index in [0.29, 0.717) is 0 Å². The van der Waals surface area contributed by atoms with Crippen molar-refractivity contribution in [3.63, 3.8) is 0 Å². The van der Waals surface area contributed by atoms with Gasteiger partial charge >= 0.3 is 0 Å². The van der Waals surface area contributed by atoms with Gasteiger partial charge in [0.25, 0.3) is 0 Å². The Morgan fingerprint density at radius 1 is 1.00 bits per heavy atom. The lowest BCUT2D eigenvalue weighted by atomic mass is 9.98. The quantitative estimate of drug-likeness (QED) is 0.606. The number of aromatic nitrogens is 2. The minimum atomic E-state index is -3.72. The van der Waals surface area contributed by atoms with Crippen LogP contribution in [0.3, 0.4) is 0 Å². The summed E-state index contributed by atoms with van der Waals surface area (Å²) in [6.07, 6.45) is 4.08. The van der Waals surface area contributed by atoms with Crippen LogP contribution >= 0.6 is 0 Å². The van der Waals surface area contributed by atoms with Crippen LogP contribution in [0.2, 0.25) is 0 Å². The first-order valence-electron chi connectivity index (χ1n) is 7.34. The van der Waals surface area contributed by atoms with E-state index >= 15 is 0 Å². The maximum Gasteiger partial charge on any atom is 0.238 e. The molecule has 0 amide bonds. The summed E-state index contributed by atoms with van der Waals surface area (Å²) in [6, 6.07) is 14.5. The van der Waals surface area contributed by atoms with Gasteiger partial charge in [0.05, 0.1) is 10.6 Å². The molecule has 1 aliphatic heterocycles. The summed E-state index contributed by atoms with van der Waals surface area (Å²) in [6.45, 7) is 0. The van der Waals surface area contributed by atoms with Gasteiger partial charge < -0.3 is 0 Å². The van der Waals surface area contributed by atoms with E-state index in [1.54, 1.807) is 12.1 Å². The molecule has 0 bridgehead atoms. The minimum absolute atomic E-state index is 0.0828. The van der Waals surface area contributed by atoms with E-state index in [1.165, 1.54) is 18.5 Å². The molecule has 0 radical (unpaired) electrons. The fourth-order valence-electron chi connectivity index (χ4n) is 2.92. The molecular weight excluding hydrogens is 324 g/mol. The fraction of sp³-hybridized carbons (Fsp3) is 0.0588. The number of hydrogen-bond acceptors (Lipinski definition) is 5. The van der Waals surface area contributed by atoms with Gasteiger partial charge in [-0.2, -0.15) is 0 Å². The molecule has 2 heterocycles. The number of fused-ring (bicyclic) bond motifs is 2. The molecule has 0 spiro atoms. The van der Waals surface area contributed by atoms with Crippen molar-refractivity contribution in [3.05, 3.63) is 72.2 Å². The summed E-state index contributed by atoms with van der Waals surface area (Å²) in [5.74, 6) is 0.798. The van der Waals surface area contributed by atoms with Crippen LogP contribution in [0.1, 0.15) is 11.1 Å². The summed E-state index contributed by atoms with van der Waals surface area (Å²) in [4.78, 5) is 10.6. The molecule has 120 valence electrons. The Kier molecular flexibility index (Phi) is 3.33. The lowest BCUT2D eigenvalue weighted by molar-refractivity contribution is 0.598. The van der Waals surface area contributed by atoms with Crippen molar-refractivity contribution in [2.75, 3.05) is 4.90 Å². The lowest BCUT2D eigenvalue weighted by Crippen LogP contribution is -2.20. The molecule has 7 heteroatoms. The number of nitrogens with zero attached hydrogens (tertiary/aromatic N) is 3. The number of rotatable bonds is 2. The van der Waals surface area contributed by atoms with E-state index in [9.17, 15) is 8.42 Å². The summed E-state index contributed by atoms with van der Waals surface area (Å²) in [5.41, 5.74) is 4.02. The lowest BCUT2D eigenvalue weighted by Gasteiger charge is -2.31. The van der Waals surface area contributed by atoms with E-state index in [2.05, 4.69) is 16.0 Å². The average Bonchev–Trinajstić information content (AvgIpc) is 2.59. The van der Waals surface area contributed by atoms with Gasteiger partial charge in [0.15, 0.2) is 0 Å². The molecule has 2 aromatic carbocycles. The van der Waals surface area contributed by atoms with Crippen molar-refractivity contribution in [2.24, 2.45) is 5.14 Å². The Balaban J connectivity index is 1.89. The molecule has 1 aromatic heterocycles. The normalized spacial score (nSPS) is 13.3. The zero-order chi connectivity index (χ0) is 16.7. The van der Waals surface area contributed by atoms with Gasteiger partial charge in [-0.3, -0.25) is 4.90 Å². The van der Waals surface area contributed by atoms with Gasteiger partial charge in [-0.25, -0.2) is 23.5 Å². The fourth-order valence-corrected chi connectivity index (χ4v) is 3.44. The Morgan fingerprint density at radius 3 is 2.50 bits per heavy atom. The van der Waals surface area contributed by atoms with Crippen LogP contribution in [0, 0.1) is 0 Å². The average molecular weight is 338 g/mol. The van der Waals surface area contributed by atoms with E-state index in [1.807, 2.05) is 29.3 Å². The number of anilines is 3. The maximum absolute atomic E-state index is 11.5. The summed E-state index contributed by atoms with van der Waals surface area (Å²) >= 11 is 0. The van der Waals surface area contributed by atoms with Crippen LogP contribution in [0.25, 0.3) is 0 Å². The van der Waals surface area contributed by atoms with E-state index in [-0.39, 0.29) is 4.90 Å². The largest absolute Gasteiger partial charge is 0.294 e. The van der Waals surface area contributed by atoms with E-state index in [4.69, 9.17) is 5.14 Å². The smallest absolute Gasteiger partial charge is 0.238 e. The van der Waals surface area contributed by atoms with Crippen molar-refractivity contribution < 1.29 is 8.42 Å². The second kappa shape index (κ2) is 5.40. The highest BCUT2D eigenvalue weighted by molar-refractivity contribution is 7.89. The van der Waals surface area contributed by atoms with Crippen LogP contribution in [0.4, 0.5) is 17.2 Å². The highest BCUT2D eigenvalue weighted by atomic mass is 32.2. The molecule has 0 fully saturated rings. The van der Waals surface area contributed by atoms with Crippen LogP contribution in [-0.2, 0) is 16.4 Å². The number of nitrogens with two attached hydrogens (primary N) is 1. The number of benzene rings is 2. The third kappa shape index (κ3) is 2.44. The third-order valence-corrected chi connectivity index (χ3v) is 4.94. The Labute approximate surface area is 139 Å². The first-order valence-corrected chi connectivity index (χ1v) is 8.88. The van der Waals surface area contributed by atoms with Crippen molar-refractivity contribution in [2.45, 2.75) is 11.3 Å². The molecule has 4 rings (SSSR count). The standard InChI is InChI=1S/C17H14N4O2S/c18-24(22,23)15-7-5-14(6-8-15)21-16-4-2-1-3-12(16)9-13-10-19-11-20-17(13)21/h1-8,10-11H,9H2,(H2,18,22,23). The molecule has 0 aliphatic carbocycles. The van der Waals surface area contributed by atoms with Crippen molar-refractivity contribution in [1.29, 1.82) is 0 Å². The number of para-hydroxylation sites is 1. The second-order valence-corrected chi connectivity index (χ2v) is 7.11.